The van der Waals surface area contributed by atoms with Crippen LogP contribution in [0.4, 0.5) is 0 Å². The van der Waals surface area contributed by atoms with Crippen molar-refractivity contribution >= 4 is 0 Å². The van der Waals surface area contributed by atoms with E-state index < -0.39 is 0 Å². The molecule has 3 rings (SSSR count). The fourth-order valence-electron chi connectivity index (χ4n) is 2.83. The summed E-state index contributed by atoms with van der Waals surface area (Å²) in [6.07, 6.45) is 6.92. The first kappa shape index (κ1) is 11.1. The van der Waals surface area contributed by atoms with Gasteiger partial charge in [0.05, 0.1) is 0 Å². The van der Waals surface area contributed by atoms with Crippen LogP contribution in [0, 0.1) is 0 Å². The van der Waals surface area contributed by atoms with Gasteiger partial charge in [-0.15, -0.1) is 5.10 Å². The predicted molar refractivity (Wildman–Crippen MR) is 66.4 cm³/mol. The molecule has 4 heteroatoms. The minimum absolute atomic E-state index is 0.0361. The first-order valence-corrected chi connectivity index (χ1v) is 6.73. The van der Waals surface area contributed by atoms with Gasteiger partial charge >= 0.3 is 0 Å². The van der Waals surface area contributed by atoms with Crippen LogP contribution in [0.3, 0.4) is 0 Å². The molecule has 0 saturated carbocycles. The summed E-state index contributed by atoms with van der Waals surface area (Å²) in [5.41, 5.74) is 2.59. The van der Waals surface area contributed by atoms with E-state index in [1.54, 1.807) is 0 Å². The summed E-state index contributed by atoms with van der Waals surface area (Å²) in [6.45, 7) is 4.30. The Morgan fingerprint density at radius 1 is 1.18 bits per heavy atom. The lowest BCUT2D eigenvalue weighted by Gasteiger charge is -2.34. The van der Waals surface area contributed by atoms with Crippen LogP contribution in [0.2, 0.25) is 0 Å². The summed E-state index contributed by atoms with van der Waals surface area (Å²) < 4.78 is 6.20. The Morgan fingerprint density at radius 2 is 1.94 bits per heavy atom. The van der Waals surface area contributed by atoms with Crippen molar-refractivity contribution < 1.29 is 4.74 Å². The predicted octanol–water partition coefficient (Wildman–Crippen LogP) is 1.81. The Balaban J connectivity index is 1.78. The molecule has 0 aromatic carbocycles. The van der Waals surface area contributed by atoms with Crippen LogP contribution in [0.15, 0.2) is 0 Å². The lowest BCUT2D eigenvalue weighted by molar-refractivity contribution is 0.0497. The van der Waals surface area contributed by atoms with E-state index in [0.717, 1.165) is 44.7 Å². The molecule has 1 aromatic rings. The van der Waals surface area contributed by atoms with Crippen LogP contribution in [0.25, 0.3) is 0 Å². The van der Waals surface area contributed by atoms with E-state index in [2.05, 4.69) is 22.4 Å². The quantitative estimate of drug-likeness (QED) is 0.822. The summed E-state index contributed by atoms with van der Waals surface area (Å²) in [7, 11) is 0. The molecule has 0 atom stereocenters. The number of H-pyrrole nitrogens is 1. The third-order valence-electron chi connectivity index (χ3n) is 4.02. The summed E-state index contributed by atoms with van der Waals surface area (Å²) in [6, 6.07) is 0. The first-order valence-electron chi connectivity index (χ1n) is 6.73. The van der Waals surface area contributed by atoms with E-state index in [-0.39, 0.29) is 5.60 Å². The summed E-state index contributed by atoms with van der Waals surface area (Å²) in [5, 5.41) is 10.9. The van der Waals surface area contributed by atoms with E-state index in [9.17, 15) is 0 Å². The van der Waals surface area contributed by atoms with E-state index in [1.807, 2.05) is 0 Å². The molecule has 2 heterocycles. The van der Waals surface area contributed by atoms with Crippen molar-refractivity contribution in [2.45, 2.75) is 51.0 Å². The molecule has 1 fully saturated rings. The minimum atomic E-state index is -0.0361. The van der Waals surface area contributed by atoms with Crippen molar-refractivity contribution in [2.24, 2.45) is 0 Å². The zero-order valence-corrected chi connectivity index (χ0v) is 10.5. The van der Waals surface area contributed by atoms with Gasteiger partial charge in [0.1, 0.15) is 5.60 Å². The molecule has 4 nitrogen and oxygen atoms in total. The molecular formula is C13H21N3O. The minimum Gasteiger partial charge on any atom is -0.470 e. The third-order valence-corrected chi connectivity index (χ3v) is 4.02. The van der Waals surface area contributed by atoms with E-state index in [0.29, 0.717) is 0 Å². The second-order valence-electron chi connectivity index (χ2n) is 5.49. The highest BCUT2D eigenvalue weighted by Gasteiger charge is 2.31. The normalized spacial score (nSPS) is 23.1. The first-order chi connectivity index (χ1) is 8.27. The van der Waals surface area contributed by atoms with Gasteiger partial charge in [-0.1, -0.05) is 0 Å². The summed E-state index contributed by atoms with van der Waals surface area (Å²) in [4.78, 5) is 0. The smallest absolute Gasteiger partial charge is 0.236 e. The van der Waals surface area contributed by atoms with Gasteiger partial charge in [-0.05, 0) is 58.5 Å². The highest BCUT2D eigenvalue weighted by molar-refractivity contribution is 5.32. The Hall–Kier alpha value is -1.03. The zero-order chi connectivity index (χ0) is 11.7. The molecule has 2 aliphatic rings. The molecule has 1 saturated heterocycles. The van der Waals surface area contributed by atoms with Crippen molar-refractivity contribution in [1.82, 2.24) is 15.5 Å². The third kappa shape index (κ3) is 2.18. The lowest BCUT2D eigenvalue weighted by atomic mass is 9.94. The van der Waals surface area contributed by atoms with Gasteiger partial charge in [-0.2, -0.15) is 0 Å². The highest BCUT2D eigenvalue weighted by Crippen LogP contribution is 2.32. The second-order valence-corrected chi connectivity index (χ2v) is 5.49. The Kier molecular flexibility index (Phi) is 2.82. The Bertz CT molecular complexity index is 393. The number of rotatable bonds is 2. The van der Waals surface area contributed by atoms with Crippen molar-refractivity contribution in [3.63, 3.8) is 0 Å². The fourth-order valence-corrected chi connectivity index (χ4v) is 2.83. The number of aryl methyl sites for hydroxylation is 1. The maximum Gasteiger partial charge on any atom is 0.236 e. The SMILES string of the molecule is CC1(Oc2n[nH]c3c2CCCC3)CCNCC1. The van der Waals surface area contributed by atoms with E-state index in [1.165, 1.54) is 24.1 Å². The van der Waals surface area contributed by atoms with Crippen LogP contribution in [-0.2, 0) is 12.8 Å². The average Bonchev–Trinajstić information content (AvgIpc) is 2.73. The van der Waals surface area contributed by atoms with Crippen molar-refractivity contribution in [1.29, 1.82) is 0 Å². The number of piperidine rings is 1. The molecule has 2 N–H and O–H groups in total. The van der Waals surface area contributed by atoms with Crippen LogP contribution in [0.5, 0.6) is 5.88 Å². The molecule has 1 aliphatic heterocycles. The summed E-state index contributed by atoms with van der Waals surface area (Å²) in [5.74, 6) is 0.865. The zero-order valence-electron chi connectivity index (χ0n) is 10.5. The topological polar surface area (TPSA) is 49.9 Å². The largest absolute Gasteiger partial charge is 0.470 e. The highest BCUT2D eigenvalue weighted by atomic mass is 16.5. The van der Waals surface area contributed by atoms with Gasteiger partial charge in [0.25, 0.3) is 0 Å². The maximum absolute atomic E-state index is 6.20. The van der Waals surface area contributed by atoms with Crippen LogP contribution >= 0.6 is 0 Å². The van der Waals surface area contributed by atoms with E-state index >= 15 is 0 Å². The molecule has 1 aliphatic carbocycles. The monoisotopic (exact) mass is 235 g/mol. The standard InChI is InChI=1S/C13H21N3O/c1-13(6-8-14-9-7-13)17-12-10-4-2-3-5-11(10)15-16-12/h14H,2-9H2,1H3,(H,15,16). The van der Waals surface area contributed by atoms with Gasteiger partial charge in [0.15, 0.2) is 0 Å². The van der Waals surface area contributed by atoms with Gasteiger partial charge in [-0.3, -0.25) is 5.10 Å². The number of nitrogens with zero attached hydrogens (tertiary/aromatic N) is 1. The second kappa shape index (κ2) is 4.33. The molecule has 0 amide bonds. The number of aromatic amines is 1. The molecule has 94 valence electrons. The molecule has 0 unspecified atom stereocenters. The molecule has 0 radical (unpaired) electrons. The number of hydrogen-bond acceptors (Lipinski definition) is 3. The Morgan fingerprint density at radius 3 is 2.76 bits per heavy atom. The van der Waals surface area contributed by atoms with Crippen LogP contribution < -0.4 is 10.1 Å². The maximum atomic E-state index is 6.20. The number of hydrogen-bond donors (Lipinski definition) is 2. The molecule has 0 bridgehead atoms. The average molecular weight is 235 g/mol. The number of ether oxygens (including phenoxy) is 1. The van der Waals surface area contributed by atoms with Crippen molar-refractivity contribution in [3.05, 3.63) is 11.3 Å². The summed E-state index contributed by atoms with van der Waals surface area (Å²) >= 11 is 0. The van der Waals surface area contributed by atoms with Crippen LogP contribution in [-0.4, -0.2) is 28.9 Å². The van der Waals surface area contributed by atoms with Gasteiger partial charge in [-0.25, -0.2) is 0 Å². The molecule has 1 aromatic heterocycles. The number of aromatic nitrogens is 2. The van der Waals surface area contributed by atoms with Crippen molar-refractivity contribution in [3.8, 4) is 5.88 Å². The Labute approximate surface area is 102 Å². The van der Waals surface area contributed by atoms with Gasteiger partial charge in [0, 0.05) is 11.3 Å². The molecule has 0 spiro atoms. The van der Waals surface area contributed by atoms with Crippen molar-refractivity contribution in [2.75, 3.05) is 13.1 Å². The number of fused-ring (bicyclic) bond motifs is 1. The molecule has 17 heavy (non-hydrogen) atoms. The van der Waals surface area contributed by atoms with Crippen LogP contribution in [0.1, 0.15) is 43.9 Å². The van der Waals surface area contributed by atoms with Gasteiger partial charge in [0.2, 0.25) is 5.88 Å². The molecular weight excluding hydrogens is 214 g/mol. The van der Waals surface area contributed by atoms with E-state index in [4.69, 9.17) is 4.74 Å². The fraction of sp³-hybridized carbons (Fsp3) is 0.769. The lowest BCUT2D eigenvalue weighted by Crippen LogP contribution is -2.44. The number of nitrogens with one attached hydrogen (secondary N) is 2. The van der Waals surface area contributed by atoms with Gasteiger partial charge < -0.3 is 10.1 Å².